The summed E-state index contributed by atoms with van der Waals surface area (Å²) in [5.41, 5.74) is 2.79. The number of nitrogens with one attached hydrogen (secondary N) is 1. The van der Waals surface area contributed by atoms with Gasteiger partial charge in [0.05, 0.1) is 5.69 Å². The van der Waals surface area contributed by atoms with Crippen LogP contribution in [-0.4, -0.2) is 32.4 Å². The summed E-state index contributed by atoms with van der Waals surface area (Å²) in [6, 6.07) is 12.6. The molecule has 0 aliphatic carbocycles. The SMILES string of the molecule is O=C(Nc1ccc(CCO)cc1)c1cc(-n2cccn2)ccn1. The molecule has 0 aliphatic rings. The van der Waals surface area contributed by atoms with E-state index >= 15 is 0 Å². The van der Waals surface area contributed by atoms with E-state index in [0.29, 0.717) is 17.8 Å². The van der Waals surface area contributed by atoms with E-state index in [4.69, 9.17) is 5.11 Å². The topological polar surface area (TPSA) is 80.0 Å². The van der Waals surface area contributed by atoms with Crippen molar-refractivity contribution >= 4 is 11.6 Å². The fraction of sp³-hybridized carbons (Fsp3) is 0.118. The van der Waals surface area contributed by atoms with Crippen molar-refractivity contribution in [1.82, 2.24) is 14.8 Å². The van der Waals surface area contributed by atoms with Gasteiger partial charge in [-0.15, -0.1) is 0 Å². The van der Waals surface area contributed by atoms with Crippen LogP contribution >= 0.6 is 0 Å². The molecule has 0 radical (unpaired) electrons. The number of pyridine rings is 1. The van der Waals surface area contributed by atoms with E-state index in [2.05, 4.69) is 15.4 Å². The van der Waals surface area contributed by atoms with Crippen molar-refractivity contribution < 1.29 is 9.90 Å². The van der Waals surface area contributed by atoms with E-state index in [1.165, 1.54) is 0 Å². The van der Waals surface area contributed by atoms with Gasteiger partial charge < -0.3 is 10.4 Å². The van der Waals surface area contributed by atoms with Gasteiger partial charge in [0.15, 0.2) is 0 Å². The summed E-state index contributed by atoms with van der Waals surface area (Å²) in [6.07, 6.45) is 5.66. The van der Waals surface area contributed by atoms with Crippen LogP contribution in [0.15, 0.2) is 61.1 Å². The van der Waals surface area contributed by atoms with Crippen molar-refractivity contribution in [3.63, 3.8) is 0 Å². The van der Waals surface area contributed by atoms with E-state index in [1.807, 2.05) is 18.2 Å². The minimum Gasteiger partial charge on any atom is -0.396 e. The number of rotatable bonds is 5. The zero-order chi connectivity index (χ0) is 16.1. The fourth-order valence-corrected chi connectivity index (χ4v) is 2.19. The molecular formula is C17H16N4O2. The number of carbonyl (C=O) groups excluding carboxylic acids is 1. The monoisotopic (exact) mass is 308 g/mol. The summed E-state index contributed by atoms with van der Waals surface area (Å²) >= 11 is 0. The Morgan fingerprint density at radius 3 is 2.70 bits per heavy atom. The molecule has 0 bridgehead atoms. The Hall–Kier alpha value is -2.99. The zero-order valence-electron chi connectivity index (χ0n) is 12.4. The van der Waals surface area contributed by atoms with Gasteiger partial charge in [-0.1, -0.05) is 12.1 Å². The number of aliphatic hydroxyl groups excluding tert-OH is 1. The second-order valence-corrected chi connectivity index (χ2v) is 4.97. The van der Waals surface area contributed by atoms with Gasteiger partial charge in [-0.3, -0.25) is 9.78 Å². The third kappa shape index (κ3) is 3.61. The Morgan fingerprint density at radius 2 is 2.00 bits per heavy atom. The number of aliphatic hydroxyl groups is 1. The van der Waals surface area contributed by atoms with Crippen molar-refractivity contribution in [2.75, 3.05) is 11.9 Å². The molecule has 2 N–H and O–H groups in total. The molecule has 0 spiro atoms. The molecular weight excluding hydrogens is 292 g/mol. The van der Waals surface area contributed by atoms with Crippen LogP contribution in [-0.2, 0) is 6.42 Å². The predicted molar refractivity (Wildman–Crippen MR) is 86.5 cm³/mol. The van der Waals surface area contributed by atoms with E-state index in [-0.39, 0.29) is 12.5 Å². The summed E-state index contributed by atoms with van der Waals surface area (Å²) in [6.45, 7) is 0.107. The first-order valence-corrected chi connectivity index (χ1v) is 7.23. The van der Waals surface area contributed by atoms with Crippen molar-refractivity contribution in [1.29, 1.82) is 0 Å². The molecule has 2 heterocycles. The molecule has 3 rings (SSSR count). The highest BCUT2D eigenvalue weighted by Gasteiger charge is 2.09. The number of nitrogens with zero attached hydrogens (tertiary/aromatic N) is 3. The van der Waals surface area contributed by atoms with Gasteiger partial charge in [0.1, 0.15) is 5.69 Å². The molecule has 0 unspecified atom stereocenters. The number of carbonyl (C=O) groups is 1. The molecule has 0 atom stereocenters. The Kier molecular flexibility index (Phi) is 4.44. The van der Waals surface area contributed by atoms with Crippen molar-refractivity contribution in [2.24, 2.45) is 0 Å². The van der Waals surface area contributed by atoms with Crippen LogP contribution in [0.1, 0.15) is 16.1 Å². The first-order chi connectivity index (χ1) is 11.3. The van der Waals surface area contributed by atoms with Crippen LogP contribution in [0.4, 0.5) is 5.69 Å². The van der Waals surface area contributed by atoms with Crippen LogP contribution in [0.2, 0.25) is 0 Å². The quantitative estimate of drug-likeness (QED) is 0.756. The average molecular weight is 308 g/mol. The molecule has 0 saturated carbocycles. The number of hydrogen-bond donors (Lipinski definition) is 2. The number of hydrogen-bond acceptors (Lipinski definition) is 4. The van der Waals surface area contributed by atoms with E-state index in [1.54, 1.807) is 47.5 Å². The molecule has 6 nitrogen and oxygen atoms in total. The lowest BCUT2D eigenvalue weighted by molar-refractivity contribution is 0.102. The lowest BCUT2D eigenvalue weighted by Crippen LogP contribution is -2.14. The normalized spacial score (nSPS) is 10.5. The largest absolute Gasteiger partial charge is 0.396 e. The summed E-state index contributed by atoms with van der Waals surface area (Å²) in [5, 5.41) is 15.8. The predicted octanol–water partition coefficient (Wildman–Crippen LogP) is 2.05. The van der Waals surface area contributed by atoms with E-state index < -0.39 is 0 Å². The van der Waals surface area contributed by atoms with Crippen molar-refractivity contribution in [3.05, 3.63) is 72.3 Å². The number of benzene rings is 1. The van der Waals surface area contributed by atoms with Crippen molar-refractivity contribution in [2.45, 2.75) is 6.42 Å². The average Bonchev–Trinajstić information content (AvgIpc) is 3.12. The van der Waals surface area contributed by atoms with Crippen molar-refractivity contribution in [3.8, 4) is 5.69 Å². The molecule has 0 saturated heterocycles. The molecule has 3 aromatic rings. The molecule has 116 valence electrons. The van der Waals surface area contributed by atoms with E-state index in [9.17, 15) is 4.79 Å². The Balaban J connectivity index is 1.74. The van der Waals surface area contributed by atoms with Gasteiger partial charge in [0.2, 0.25) is 0 Å². The maximum absolute atomic E-state index is 12.3. The van der Waals surface area contributed by atoms with Crippen LogP contribution in [0.25, 0.3) is 5.69 Å². The number of anilines is 1. The Bertz CT molecular complexity index is 783. The van der Waals surface area contributed by atoms with Crippen LogP contribution < -0.4 is 5.32 Å². The summed E-state index contributed by atoms with van der Waals surface area (Å²) in [4.78, 5) is 16.4. The molecule has 1 amide bonds. The Labute approximate surface area is 133 Å². The highest BCUT2D eigenvalue weighted by Crippen LogP contribution is 2.13. The Morgan fingerprint density at radius 1 is 1.17 bits per heavy atom. The lowest BCUT2D eigenvalue weighted by atomic mass is 10.1. The van der Waals surface area contributed by atoms with Gasteiger partial charge in [-0.25, -0.2) is 4.68 Å². The number of amides is 1. The summed E-state index contributed by atoms with van der Waals surface area (Å²) in [5.74, 6) is -0.283. The minimum atomic E-state index is -0.283. The molecule has 0 aliphatic heterocycles. The van der Waals surface area contributed by atoms with Crippen LogP contribution in [0.5, 0.6) is 0 Å². The van der Waals surface area contributed by atoms with Crippen LogP contribution in [0, 0.1) is 0 Å². The van der Waals surface area contributed by atoms with Gasteiger partial charge in [0.25, 0.3) is 5.91 Å². The molecule has 6 heteroatoms. The minimum absolute atomic E-state index is 0.107. The van der Waals surface area contributed by atoms with Crippen LogP contribution in [0.3, 0.4) is 0 Å². The van der Waals surface area contributed by atoms with Gasteiger partial charge in [0, 0.05) is 30.9 Å². The standard InChI is InChI=1S/C17H16N4O2/c22-11-7-13-2-4-14(5-3-13)20-17(23)16-12-15(6-9-18-16)21-10-1-8-19-21/h1-6,8-10,12,22H,7,11H2,(H,20,23). The first kappa shape index (κ1) is 14.9. The van der Waals surface area contributed by atoms with E-state index in [0.717, 1.165) is 11.3 Å². The molecule has 0 fully saturated rings. The summed E-state index contributed by atoms with van der Waals surface area (Å²) < 4.78 is 1.67. The van der Waals surface area contributed by atoms with Gasteiger partial charge >= 0.3 is 0 Å². The summed E-state index contributed by atoms with van der Waals surface area (Å²) in [7, 11) is 0. The molecule has 2 aromatic heterocycles. The smallest absolute Gasteiger partial charge is 0.274 e. The van der Waals surface area contributed by atoms with Gasteiger partial charge in [-0.2, -0.15) is 5.10 Å². The zero-order valence-corrected chi connectivity index (χ0v) is 12.4. The first-order valence-electron chi connectivity index (χ1n) is 7.23. The second kappa shape index (κ2) is 6.85. The number of aromatic nitrogens is 3. The second-order valence-electron chi connectivity index (χ2n) is 4.97. The maximum atomic E-state index is 12.3. The van der Waals surface area contributed by atoms with Gasteiger partial charge in [-0.05, 0) is 42.3 Å². The highest BCUT2D eigenvalue weighted by molar-refractivity contribution is 6.03. The third-order valence-corrected chi connectivity index (χ3v) is 3.36. The highest BCUT2D eigenvalue weighted by atomic mass is 16.3. The molecule has 1 aromatic carbocycles. The molecule has 23 heavy (non-hydrogen) atoms. The third-order valence-electron chi connectivity index (χ3n) is 3.36. The fourth-order valence-electron chi connectivity index (χ4n) is 2.19. The maximum Gasteiger partial charge on any atom is 0.274 e. The lowest BCUT2D eigenvalue weighted by Gasteiger charge is -2.07.